The molecular weight excluding hydrogens is 225 g/mol. The second kappa shape index (κ2) is 3.34. The quantitative estimate of drug-likeness (QED) is 0.607. The topological polar surface area (TPSA) is 26.0 Å². The van der Waals surface area contributed by atoms with Crippen LogP contribution in [0.5, 0.6) is 0 Å². The van der Waals surface area contributed by atoms with Gasteiger partial charge >= 0.3 is 101 Å². The maximum atomic E-state index is 7.13. The van der Waals surface area contributed by atoms with E-state index in [1.54, 1.807) is 0 Å². The van der Waals surface area contributed by atoms with Crippen molar-refractivity contribution in [2.75, 3.05) is 0 Å². The van der Waals surface area contributed by atoms with Crippen LogP contribution in [0.25, 0.3) is 0 Å². The van der Waals surface area contributed by atoms with E-state index < -0.39 is 6.11 Å². The van der Waals surface area contributed by atoms with Crippen molar-refractivity contribution in [2.45, 2.75) is 77.8 Å². The van der Waals surface area contributed by atoms with Crippen LogP contribution in [-0.4, -0.2) is 15.5 Å². The summed E-state index contributed by atoms with van der Waals surface area (Å²) in [6.45, 7) is 19.6. The molecule has 15 heavy (non-hydrogen) atoms. The predicted octanol–water partition coefficient (Wildman–Crippen LogP) is 4.96. The summed E-state index contributed by atoms with van der Waals surface area (Å²) >= 11 is 7.13. The number of rotatable bonds is 0. The molecule has 0 aromatic heterocycles. The monoisotopic (exact) mass is 253 g/mol. The molecule has 0 amide bonds. The van der Waals surface area contributed by atoms with Gasteiger partial charge in [0.25, 0.3) is 0 Å². The van der Waals surface area contributed by atoms with E-state index in [1.807, 2.05) is 0 Å². The molecule has 0 aliphatic rings. The summed E-state index contributed by atoms with van der Waals surface area (Å²) in [6.07, 6.45) is -2.87. The zero-order valence-corrected chi connectivity index (χ0v) is 13.6. The van der Waals surface area contributed by atoms with Crippen molar-refractivity contribution in [3.05, 3.63) is 0 Å². The summed E-state index contributed by atoms with van der Waals surface area (Å²) in [5, 5.41) is -0.197. The zero-order chi connectivity index (χ0) is 12.9. The first-order valence-electron chi connectivity index (χ1n) is 5.60. The summed E-state index contributed by atoms with van der Waals surface area (Å²) in [5.41, 5.74) is 6.87. The Balaban J connectivity index is 6.08. The fourth-order valence-corrected chi connectivity index (χ4v) is 9.06. The van der Waals surface area contributed by atoms with E-state index in [9.17, 15) is 0 Å². The number of hydrogen-bond donors (Lipinski definition) is 1. The molecule has 0 aromatic rings. The van der Waals surface area contributed by atoms with Gasteiger partial charge in [0.2, 0.25) is 0 Å². The van der Waals surface area contributed by atoms with Gasteiger partial charge in [-0.15, -0.1) is 0 Å². The van der Waals surface area contributed by atoms with E-state index in [2.05, 4.69) is 62.3 Å². The third-order valence-corrected chi connectivity index (χ3v) is 16.4. The van der Waals surface area contributed by atoms with E-state index in [-0.39, 0.29) is 15.5 Å². The Morgan fingerprint density at radius 1 is 0.667 bits per heavy atom. The number of nitrogens with two attached hydrogens (primary N) is 1. The minimum atomic E-state index is -2.87. The molecule has 1 nitrogen and oxygen atoms in total. The van der Waals surface area contributed by atoms with Crippen molar-refractivity contribution in [3.63, 3.8) is 0 Å². The Bertz CT molecular complexity index is 207. The van der Waals surface area contributed by atoms with Gasteiger partial charge in [-0.3, -0.25) is 0 Å². The molecule has 0 aromatic carbocycles. The van der Waals surface area contributed by atoms with Crippen LogP contribution >= 0.6 is 17.3 Å². The van der Waals surface area contributed by atoms with Crippen molar-refractivity contribution in [1.82, 2.24) is 0 Å². The minimum absolute atomic E-state index is 0.0658. The Morgan fingerprint density at radius 2 is 0.800 bits per heavy atom. The van der Waals surface area contributed by atoms with Crippen molar-refractivity contribution in [2.24, 2.45) is 5.50 Å². The van der Waals surface area contributed by atoms with Crippen molar-refractivity contribution in [1.29, 1.82) is 0 Å². The fourth-order valence-electron chi connectivity index (χ4n) is 3.02. The Morgan fingerprint density at radius 3 is 0.800 bits per heavy atom. The van der Waals surface area contributed by atoms with Gasteiger partial charge in [0.05, 0.1) is 0 Å². The molecule has 0 aliphatic heterocycles. The molecule has 3 heteroatoms. The number of halogens is 1. The van der Waals surface area contributed by atoms with Crippen molar-refractivity contribution >= 4 is 17.3 Å². The Hall–Kier alpha value is 0.680. The molecule has 0 fully saturated rings. The van der Waals surface area contributed by atoms with Crippen LogP contribution in [0.3, 0.4) is 0 Å². The molecule has 0 atom stereocenters. The van der Waals surface area contributed by atoms with Gasteiger partial charge in [-0.05, 0) is 0 Å². The molecule has 94 valence electrons. The Labute approximate surface area is 101 Å². The molecule has 0 aliphatic carbocycles. The predicted molar refractivity (Wildman–Crippen MR) is 76.2 cm³/mol. The summed E-state index contributed by atoms with van der Waals surface area (Å²) < 4.78 is 0. The van der Waals surface area contributed by atoms with Crippen molar-refractivity contribution in [3.8, 4) is 0 Å². The molecule has 0 radical (unpaired) electrons. The van der Waals surface area contributed by atoms with Crippen LogP contribution in [-0.2, 0) is 0 Å². The summed E-state index contributed by atoms with van der Waals surface area (Å²) in [7, 11) is 0. The van der Waals surface area contributed by atoms with Crippen LogP contribution in [0.15, 0.2) is 0 Å². The molecular formula is C12H29ClNP. The van der Waals surface area contributed by atoms with E-state index in [0.717, 1.165) is 0 Å². The zero-order valence-electron chi connectivity index (χ0n) is 11.9. The van der Waals surface area contributed by atoms with Gasteiger partial charge in [-0.1, -0.05) is 0 Å². The first kappa shape index (κ1) is 15.7. The summed E-state index contributed by atoms with van der Waals surface area (Å²) in [4.78, 5) is 0. The van der Waals surface area contributed by atoms with Gasteiger partial charge in [0, 0.05) is 0 Å². The first-order chi connectivity index (χ1) is 6.07. The van der Waals surface area contributed by atoms with Gasteiger partial charge in [-0.25, -0.2) is 0 Å². The molecule has 0 saturated heterocycles. The summed E-state index contributed by atoms with van der Waals surface area (Å²) in [5.74, 6) is 0. The van der Waals surface area contributed by atoms with E-state index in [1.165, 1.54) is 0 Å². The maximum absolute atomic E-state index is 7.13. The van der Waals surface area contributed by atoms with Crippen LogP contribution in [0.2, 0.25) is 0 Å². The molecule has 0 spiro atoms. The molecule has 0 unspecified atom stereocenters. The third kappa shape index (κ3) is 1.75. The first-order valence-corrected chi connectivity index (χ1v) is 8.81. The van der Waals surface area contributed by atoms with E-state index in [4.69, 9.17) is 16.7 Å². The second-order valence-electron chi connectivity index (χ2n) is 7.59. The second-order valence-corrected chi connectivity index (χ2v) is 15.9. The van der Waals surface area contributed by atoms with Gasteiger partial charge in [-0.2, -0.15) is 0 Å². The van der Waals surface area contributed by atoms with Gasteiger partial charge in [0.1, 0.15) is 0 Å². The fraction of sp³-hybridized carbons (Fsp3) is 1.00. The van der Waals surface area contributed by atoms with Crippen molar-refractivity contribution < 1.29 is 0 Å². The van der Waals surface area contributed by atoms with E-state index in [0.29, 0.717) is 0 Å². The normalized spacial score (nSPS) is 18.5. The van der Waals surface area contributed by atoms with Crippen LogP contribution in [0, 0.1) is 0 Å². The van der Waals surface area contributed by atoms with Crippen LogP contribution in [0.4, 0.5) is 0 Å². The van der Waals surface area contributed by atoms with Crippen LogP contribution in [0.1, 0.15) is 62.3 Å². The van der Waals surface area contributed by atoms with Gasteiger partial charge in [0.15, 0.2) is 0 Å². The molecule has 0 saturated carbocycles. The number of hydrogen-bond acceptors (Lipinski definition) is 1. The Kier molecular flexibility index (Phi) is 3.49. The molecule has 0 bridgehead atoms. The SMILES string of the molecule is CC(C)(C)P(N)(Cl)(C(C)(C)C)C(C)(C)C. The van der Waals surface area contributed by atoms with Gasteiger partial charge < -0.3 is 0 Å². The standard InChI is InChI=1S/C12H29ClNP/c1-10(2,3)15(13,14,11(4,5)6)12(7,8)9/h14H2,1-9H3. The summed E-state index contributed by atoms with van der Waals surface area (Å²) in [6, 6.07) is 0. The average molecular weight is 254 g/mol. The van der Waals surface area contributed by atoms with Crippen LogP contribution < -0.4 is 5.50 Å². The average Bonchev–Trinajstić information content (AvgIpc) is 1.78. The van der Waals surface area contributed by atoms with E-state index >= 15 is 0 Å². The third-order valence-electron chi connectivity index (χ3n) is 3.93. The molecule has 0 heterocycles. The molecule has 2 N–H and O–H groups in total. The molecule has 0 rings (SSSR count).